The first-order chi connectivity index (χ1) is 39.7. The summed E-state index contributed by atoms with van der Waals surface area (Å²) in [6.07, 6.45) is 0. The van der Waals surface area contributed by atoms with E-state index in [1.807, 2.05) is 0 Å². The molecule has 4 aliphatic rings. The van der Waals surface area contributed by atoms with E-state index in [9.17, 15) is 0 Å². The molecule has 0 saturated heterocycles. The summed E-state index contributed by atoms with van der Waals surface area (Å²) in [5.74, 6) is 0. The van der Waals surface area contributed by atoms with Crippen LogP contribution in [-0.4, -0.2) is 6.71 Å². The van der Waals surface area contributed by atoms with Crippen LogP contribution in [0.1, 0.15) is 99.9 Å². The predicted molar refractivity (Wildman–Crippen MR) is 347 cm³/mol. The molecule has 15 rings (SSSR count). The molecular weight excluding hydrogens is 990 g/mol. The smallest absolute Gasteiger partial charge is 0.252 e. The molecule has 0 atom stereocenters. The predicted octanol–water partition coefficient (Wildman–Crippen LogP) is 18.5. The fourth-order valence-electron chi connectivity index (χ4n) is 14.6. The molecule has 0 fully saturated rings. The third-order valence-corrected chi connectivity index (χ3v) is 18.6. The maximum atomic E-state index is 2.64. The molecule has 0 amide bonds. The first-order valence-corrected chi connectivity index (χ1v) is 29.3. The molecule has 0 N–H and O–H groups in total. The van der Waals surface area contributed by atoms with Gasteiger partial charge >= 0.3 is 0 Å². The number of nitrogens with zero attached hydrogens (tertiary/aromatic N) is 3. The summed E-state index contributed by atoms with van der Waals surface area (Å²) >= 11 is 0. The zero-order valence-corrected chi connectivity index (χ0v) is 48.2. The van der Waals surface area contributed by atoms with E-state index in [2.05, 4.69) is 325 Å². The van der Waals surface area contributed by atoms with Gasteiger partial charge in [0, 0.05) is 56.6 Å². The van der Waals surface area contributed by atoms with Crippen LogP contribution < -0.4 is 31.1 Å². The van der Waals surface area contributed by atoms with Crippen molar-refractivity contribution in [3.8, 4) is 22.3 Å². The second-order valence-electron chi connectivity index (χ2n) is 25.7. The second kappa shape index (κ2) is 18.2. The highest BCUT2D eigenvalue weighted by Crippen LogP contribution is 2.58. The highest BCUT2D eigenvalue weighted by molar-refractivity contribution is 7.00. The Labute approximate surface area is 484 Å². The fourth-order valence-corrected chi connectivity index (χ4v) is 14.6. The second-order valence-corrected chi connectivity index (χ2v) is 25.7. The van der Waals surface area contributed by atoms with Gasteiger partial charge in [0.25, 0.3) is 6.71 Å². The fraction of sp³-hybridized carbons (Fsp3) is 0.154. The van der Waals surface area contributed by atoms with Gasteiger partial charge < -0.3 is 14.7 Å². The van der Waals surface area contributed by atoms with Crippen molar-refractivity contribution >= 4 is 74.3 Å². The van der Waals surface area contributed by atoms with Gasteiger partial charge in [0.05, 0.1) is 5.41 Å². The van der Waals surface area contributed by atoms with Crippen LogP contribution in [0, 0.1) is 0 Å². The number of hydrogen-bond donors (Lipinski definition) is 0. The minimum atomic E-state index is -0.559. The maximum Gasteiger partial charge on any atom is 0.252 e. The Hall–Kier alpha value is -9.12. The summed E-state index contributed by atoms with van der Waals surface area (Å²) in [4.78, 5) is 7.70. The quantitative estimate of drug-likeness (QED) is 0.147. The number of para-hydroxylation sites is 2. The van der Waals surface area contributed by atoms with E-state index >= 15 is 0 Å². The molecule has 0 saturated carbocycles. The molecule has 3 nitrogen and oxygen atoms in total. The monoisotopic (exact) mass is 1060 g/mol. The Morgan fingerprint density at radius 3 is 1.39 bits per heavy atom. The molecule has 2 aliphatic heterocycles. The van der Waals surface area contributed by atoms with E-state index in [1.165, 1.54) is 106 Å². The summed E-state index contributed by atoms with van der Waals surface area (Å²) in [7, 11) is 0. The minimum Gasteiger partial charge on any atom is -0.311 e. The van der Waals surface area contributed by atoms with Crippen molar-refractivity contribution in [1.29, 1.82) is 0 Å². The number of fused-ring (bicyclic) bond motifs is 10. The molecular formula is C78H66BN3. The number of benzene rings is 11. The molecule has 2 heterocycles. The van der Waals surface area contributed by atoms with Crippen molar-refractivity contribution in [1.82, 2.24) is 0 Å². The van der Waals surface area contributed by atoms with Crippen LogP contribution in [-0.2, 0) is 21.7 Å². The van der Waals surface area contributed by atoms with E-state index in [4.69, 9.17) is 0 Å². The molecule has 2 aliphatic carbocycles. The highest BCUT2D eigenvalue weighted by Gasteiger charge is 2.49. The summed E-state index contributed by atoms with van der Waals surface area (Å²) < 4.78 is 0. The lowest BCUT2D eigenvalue weighted by molar-refractivity contribution is 0.590. The molecule has 396 valence electrons. The van der Waals surface area contributed by atoms with E-state index < -0.39 is 5.41 Å². The molecule has 0 bridgehead atoms. The lowest BCUT2D eigenvalue weighted by Crippen LogP contribution is -2.61. The van der Waals surface area contributed by atoms with Crippen LogP contribution in [0.2, 0.25) is 0 Å². The molecule has 11 aromatic rings. The highest BCUT2D eigenvalue weighted by atomic mass is 15.2. The van der Waals surface area contributed by atoms with Crippen molar-refractivity contribution in [2.45, 2.75) is 77.0 Å². The van der Waals surface area contributed by atoms with E-state index in [0.717, 1.165) is 28.4 Å². The van der Waals surface area contributed by atoms with Gasteiger partial charge in [-0.1, -0.05) is 231 Å². The standard InChI is InChI=1S/C78H66BN3/c1-75(2,3)53-37-44-70-69(45-53)79-68-43-40-59(80(55-29-17-11-18-30-55)56-31-19-12-20-32-56)50-71(68)82(57-38-41-62-60-33-21-23-35-64(60)77(7,8)66(62)48-57)73-47-54(76(4,5)6)46-72(74(73)79)81(70)58-39-42-63-61-34-22-24-36-65(61)78(67(63)49-58,51-25-13-9-14-26-51)52-27-15-10-16-28-52/h9-50H,1-8H3. The van der Waals surface area contributed by atoms with Crippen molar-refractivity contribution in [2.24, 2.45) is 0 Å². The van der Waals surface area contributed by atoms with Gasteiger partial charge in [0.1, 0.15) is 0 Å². The third kappa shape index (κ3) is 7.36. The van der Waals surface area contributed by atoms with Crippen molar-refractivity contribution in [2.75, 3.05) is 14.7 Å². The van der Waals surface area contributed by atoms with E-state index in [-0.39, 0.29) is 23.0 Å². The van der Waals surface area contributed by atoms with Gasteiger partial charge in [-0.2, -0.15) is 0 Å². The van der Waals surface area contributed by atoms with Gasteiger partial charge in [-0.15, -0.1) is 0 Å². The molecule has 0 radical (unpaired) electrons. The Bertz CT molecular complexity index is 4260. The van der Waals surface area contributed by atoms with Gasteiger partial charge in [-0.25, -0.2) is 0 Å². The van der Waals surface area contributed by atoms with E-state index in [0.29, 0.717) is 0 Å². The molecule has 4 heteroatoms. The van der Waals surface area contributed by atoms with Crippen molar-refractivity contribution in [3.63, 3.8) is 0 Å². The lowest BCUT2D eigenvalue weighted by atomic mass is 9.33. The molecule has 11 aromatic carbocycles. The van der Waals surface area contributed by atoms with Gasteiger partial charge in [-0.05, 0) is 173 Å². The van der Waals surface area contributed by atoms with Gasteiger partial charge in [0.15, 0.2) is 0 Å². The zero-order chi connectivity index (χ0) is 55.9. The zero-order valence-electron chi connectivity index (χ0n) is 48.2. The normalized spacial score (nSPS) is 14.7. The SMILES string of the molecule is CC(C)(C)c1ccc2c(c1)B1c3ccc(N(c4ccccc4)c4ccccc4)cc3N(c3ccc4c(c3)C(C)(C)c3ccccc3-4)c3cc(C(C)(C)C)cc(c31)N2c1ccc2c(c1)C(c1ccccc1)(c1ccccc1)c1ccccc1-2. The summed E-state index contributed by atoms with van der Waals surface area (Å²) in [5, 5.41) is 0. The average Bonchev–Trinajstić information content (AvgIpc) is 1.32. The molecule has 82 heavy (non-hydrogen) atoms. The minimum absolute atomic E-state index is 0.0868. The summed E-state index contributed by atoms with van der Waals surface area (Å²) in [5.41, 5.74) is 28.9. The van der Waals surface area contributed by atoms with Crippen molar-refractivity contribution < 1.29 is 0 Å². The Morgan fingerprint density at radius 1 is 0.341 bits per heavy atom. The van der Waals surface area contributed by atoms with E-state index in [1.54, 1.807) is 0 Å². The number of anilines is 9. The van der Waals surface area contributed by atoms with Crippen LogP contribution in [0.3, 0.4) is 0 Å². The molecule has 0 aromatic heterocycles. The topological polar surface area (TPSA) is 9.72 Å². The van der Waals surface area contributed by atoms with Crippen molar-refractivity contribution in [3.05, 3.63) is 299 Å². The molecule has 0 unspecified atom stereocenters. The maximum absolute atomic E-state index is 2.64. The van der Waals surface area contributed by atoms with Crippen LogP contribution in [0.4, 0.5) is 51.2 Å². The lowest BCUT2D eigenvalue weighted by Gasteiger charge is -2.46. The van der Waals surface area contributed by atoms with Crippen LogP contribution in [0.15, 0.2) is 255 Å². The third-order valence-electron chi connectivity index (χ3n) is 18.6. The Balaban J connectivity index is 1.04. The summed E-state index contributed by atoms with van der Waals surface area (Å²) in [6.45, 7) is 18.9. The Kier molecular flexibility index (Phi) is 11.1. The Morgan fingerprint density at radius 2 is 0.817 bits per heavy atom. The average molecular weight is 1060 g/mol. The van der Waals surface area contributed by atoms with Crippen LogP contribution >= 0.6 is 0 Å². The van der Waals surface area contributed by atoms with Gasteiger partial charge in [0.2, 0.25) is 0 Å². The van der Waals surface area contributed by atoms with Crippen LogP contribution in [0.5, 0.6) is 0 Å². The molecule has 0 spiro atoms. The van der Waals surface area contributed by atoms with Gasteiger partial charge in [-0.3, -0.25) is 0 Å². The largest absolute Gasteiger partial charge is 0.311 e. The number of hydrogen-bond acceptors (Lipinski definition) is 3. The first kappa shape index (κ1) is 49.9. The number of rotatable bonds is 7. The van der Waals surface area contributed by atoms with Crippen LogP contribution in [0.25, 0.3) is 22.3 Å². The summed E-state index contributed by atoms with van der Waals surface area (Å²) in [6, 6.07) is 96.8. The first-order valence-electron chi connectivity index (χ1n) is 29.3.